The van der Waals surface area contributed by atoms with Crippen LogP contribution < -0.4 is 15.8 Å². The molecule has 6 heteroatoms. The highest BCUT2D eigenvalue weighted by atomic mass is 16.5. The number of nitrogen functional groups attached to an aromatic ring is 1. The molecule has 1 heterocycles. The van der Waals surface area contributed by atoms with Gasteiger partial charge in [0.25, 0.3) is 0 Å². The van der Waals surface area contributed by atoms with Crippen molar-refractivity contribution in [1.29, 1.82) is 0 Å². The van der Waals surface area contributed by atoms with Crippen molar-refractivity contribution >= 4 is 11.6 Å². The minimum Gasteiger partial charge on any atom is -0.439 e. The van der Waals surface area contributed by atoms with Gasteiger partial charge in [0.15, 0.2) is 0 Å². The van der Waals surface area contributed by atoms with Gasteiger partial charge in [-0.2, -0.15) is 0 Å². The van der Waals surface area contributed by atoms with Gasteiger partial charge < -0.3 is 20.7 Å². The lowest BCUT2D eigenvalue weighted by Crippen LogP contribution is -2.48. The molecule has 6 nitrogen and oxygen atoms in total. The van der Waals surface area contributed by atoms with Gasteiger partial charge in [0.05, 0.1) is 17.9 Å². The summed E-state index contributed by atoms with van der Waals surface area (Å²) in [4.78, 5) is 19.2. The van der Waals surface area contributed by atoms with E-state index >= 15 is 0 Å². The Morgan fingerprint density at radius 3 is 2.41 bits per heavy atom. The maximum atomic E-state index is 13.1. The molecule has 0 saturated heterocycles. The molecule has 0 aliphatic rings. The molecule has 1 amide bonds. The van der Waals surface area contributed by atoms with Gasteiger partial charge >= 0.3 is 0 Å². The van der Waals surface area contributed by atoms with Gasteiger partial charge in [-0.15, -0.1) is 0 Å². The van der Waals surface area contributed by atoms with E-state index in [1.807, 2.05) is 75.5 Å². The van der Waals surface area contributed by atoms with Crippen LogP contribution >= 0.6 is 0 Å². The van der Waals surface area contributed by atoms with Gasteiger partial charge in [0.1, 0.15) is 5.75 Å². The van der Waals surface area contributed by atoms with E-state index in [2.05, 4.69) is 22.4 Å². The fraction of sp³-hybridized carbons (Fsp3) is 0.308. The average Bonchev–Trinajstić information content (AvgIpc) is 2.80. The number of nitrogens with two attached hydrogens (primary N) is 1. The fourth-order valence-electron chi connectivity index (χ4n) is 3.42. The predicted molar refractivity (Wildman–Crippen MR) is 128 cm³/mol. The Labute approximate surface area is 190 Å². The Morgan fingerprint density at radius 2 is 1.75 bits per heavy atom. The molecule has 0 aliphatic carbocycles. The van der Waals surface area contributed by atoms with Crippen LogP contribution in [0.2, 0.25) is 0 Å². The molecule has 0 fully saturated rings. The Bertz CT molecular complexity index is 993. The summed E-state index contributed by atoms with van der Waals surface area (Å²) >= 11 is 0. The second kappa shape index (κ2) is 11.3. The number of aromatic nitrogens is 1. The van der Waals surface area contributed by atoms with Crippen LogP contribution in [0.5, 0.6) is 11.6 Å². The molecule has 0 radical (unpaired) electrons. The van der Waals surface area contributed by atoms with E-state index in [-0.39, 0.29) is 17.9 Å². The number of amides is 1. The first-order valence-electron chi connectivity index (χ1n) is 10.9. The molecular weight excluding hydrogens is 400 g/mol. The second-order valence-corrected chi connectivity index (χ2v) is 8.23. The van der Waals surface area contributed by atoms with Crippen molar-refractivity contribution < 1.29 is 9.53 Å². The van der Waals surface area contributed by atoms with Crippen molar-refractivity contribution in [3.05, 3.63) is 84.1 Å². The number of carbonyl (C=O) groups is 1. The maximum absolute atomic E-state index is 13.1. The van der Waals surface area contributed by atoms with Gasteiger partial charge in [-0.1, -0.05) is 62.4 Å². The number of likely N-dealkylation sites (N-methyl/N-ethyl adjacent to an activating group) is 1. The average molecular weight is 433 g/mol. The van der Waals surface area contributed by atoms with E-state index < -0.39 is 0 Å². The van der Waals surface area contributed by atoms with E-state index in [0.717, 1.165) is 12.0 Å². The zero-order valence-corrected chi connectivity index (χ0v) is 19.0. The molecule has 3 N–H and O–H groups in total. The number of anilines is 1. The molecule has 1 atom stereocenters. The van der Waals surface area contributed by atoms with Crippen LogP contribution in [0.4, 0.5) is 5.69 Å². The number of hydrogen-bond acceptors (Lipinski definition) is 5. The lowest BCUT2D eigenvalue weighted by molar-refractivity contribution is -0.133. The Morgan fingerprint density at radius 1 is 1.09 bits per heavy atom. The zero-order chi connectivity index (χ0) is 22.9. The zero-order valence-electron chi connectivity index (χ0n) is 19.0. The Balaban J connectivity index is 1.62. The Kier molecular flexibility index (Phi) is 8.22. The van der Waals surface area contributed by atoms with Crippen molar-refractivity contribution in [2.24, 2.45) is 5.92 Å². The standard InChI is InChI=1S/C26H32N4O2/c1-19(2)25(26(31)30(3)15-14-20-10-6-4-7-11-20)29-17-21-16-24(28-18-23(21)27)32-22-12-8-5-9-13-22/h4-13,16,18-19,25,29H,14-15,17,27H2,1-3H3. The lowest BCUT2D eigenvalue weighted by Gasteiger charge is -2.27. The van der Waals surface area contributed by atoms with Crippen molar-refractivity contribution in [2.45, 2.75) is 32.9 Å². The molecule has 0 aliphatic heterocycles. The highest BCUT2D eigenvalue weighted by Crippen LogP contribution is 2.22. The summed E-state index contributed by atoms with van der Waals surface area (Å²) in [6, 6.07) is 21.2. The van der Waals surface area contributed by atoms with E-state index in [0.29, 0.717) is 30.4 Å². The highest BCUT2D eigenvalue weighted by molar-refractivity contribution is 5.82. The van der Waals surface area contributed by atoms with Crippen molar-refractivity contribution in [1.82, 2.24) is 15.2 Å². The summed E-state index contributed by atoms with van der Waals surface area (Å²) < 4.78 is 5.82. The minimum atomic E-state index is -0.318. The molecule has 32 heavy (non-hydrogen) atoms. The largest absolute Gasteiger partial charge is 0.439 e. The molecule has 0 spiro atoms. The van der Waals surface area contributed by atoms with Gasteiger partial charge in [0, 0.05) is 26.2 Å². The summed E-state index contributed by atoms with van der Waals surface area (Å²) in [6.07, 6.45) is 2.42. The number of benzene rings is 2. The third kappa shape index (κ3) is 6.56. The van der Waals surface area contributed by atoms with Crippen LogP contribution in [-0.4, -0.2) is 35.4 Å². The highest BCUT2D eigenvalue weighted by Gasteiger charge is 2.25. The molecule has 0 bridgehead atoms. The lowest BCUT2D eigenvalue weighted by atomic mass is 10.0. The molecule has 3 rings (SSSR count). The number of carbonyl (C=O) groups excluding carboxylic acids is 1. The summed E-state index contributed by atoms with van der Waals surface area (Å²) in [6.45, 7) is 5.20. The van der Waals surface area contributed by atoms with Gasteiger partial charge in [-0.25, -0.2) is 4.98 Å². The normalized spacial score (nSPS) is 11.9. The number of nitrogens with one attached hydrogen (secondary N) is 1. The van der Waals surface area contributed by atoms with Crippen LogP contribution in [0.1, 0.15) is 25.0 Å². The molecule has 1 unspecified atom stereocenters. The van der Waals surface area contributed by atoms with Gasteiger partial charge in [-0.3, -0.25) is 4.79 Å². The monoisotopic (exact) mass is 432 g/mol. The summed E-state index contributed by atoms with van der Waals surface area (Å²) in [5.41, 5.74) is 8.76. The minimum absolute atomic E-state index is 0.0734. The number of nitrogens with zero attached hydrogens (tertiary/aromatic N) is 2. The van der Waals surface area contributed by atoms with Gasteiger partial charge in [-0.05, 0) is 35.6 Å². The van der Waals surface area contributed by atoms with Crippen LogP contribution in [0.15, 0.2) is 72.9 Å². The quantitative estimate of drug-likeness (QED) is 0.500. The number of ether oxygens (including phenoxy) is 1. The van der Waals surface area contributed by atoms with Crippen molar-refractivity contribution in [3.63, 3.8) is 0 Å². The number of para-hydroxylation sites is 1. The van der Waals surface area contributed by atoms with E-state index in [9.17, 15) is 4.79 Å². The van der Waals surface area contributed by atoms with Gasteiger partial charge in [0.2, 0.25) is 11.8 Å². The maximum Gasteiger partial charge on any atom is 0.239 e. The first kappa shape index (κ1) is 23.3. The SMILES string of the molecule is CC(C)C(NCc1cc(Oc2ccccc2)ncc1N)C(=O)N(C)CCc1ccccc1. The fourth-order valence-corrected chi connectivity index (χ4v) is 3.42. The summed E-state index contributed by atoms with van der Waals surface area (Å²) in [5, 5.41) is 3.39. The van der Waals surface area contributed by atoms with E-state index in [1.54, 1.807) is 11.1 Å². The Hall–Kier alpha value is -3.38. The van der Waals surface area contributed by atoms with E-state index in [4.69, 9.17) is 10.5 Å². The first-order valence-corrected chi connectivity index (χ1v) is 10.9. The van der Waals surface area contributed by atoms with E-state index in [1.165, 1.54) is 5.56 Å². The number of pyridine rings is 1. The second-order valence-electron chi connectivity index (χ2n) is 8.23. The number of hydrogen-bond donors (Lipinski definition) is 2. The molecule has 1 aromatic heterocycles. The molecular formula is C26H32N4O2. The molecule has 168 valence electrons. The number of rotatable bonds is 10. The van der Waals surface area contributed by atoms with Crippen molar-refractivity contribution in [2.75, 3.05) is 19.3 Å². The topological polar surface area (TPSA) is 80.5 Å². The summed E-state index contributed by atoms with van der Waals surface area (Å²) in [7, 11) is 1.86. The molecule has 0 saturated carbocycles. The first-order chi connectivity index (χ1) is 15.4. The van der Waals surface area contributed by atoms with Crippen molar-refractivity contribution in [3.8, 4) is 11.6 Å². The van der Waals surface area contributed by atoms with Crippen LogP contribution in [0.25, 0.3) is 0 Å². The smallest absolute Gasteiger partial charge is 0.239 e. The molecule has 3 aromatic rings. The predicted octanol–water partition coefficient (Wildman–Crippen LogP) is 4.27. The van der Waals surface area contributed by atoms with Crippen LogP contribution in [-0.2, 0) is 17.8 Å². The third-order valence-corrected chi connectivity index (χ3v) is 5.37. The summed E-state index contributed by atoms with van der Waals surface area (Å²) in [5.74, 6) is 1.38. The third-order valence-electron chi connectivity index (χ3n) is 5.37. The van der Waals surface area contributed by atoms with Crippen LogP contribution in [0, 0.1) is 5.92 Å². The van der Waals surface area contributed by atoms with Crippen LogP contribution in [0.3, 0.4) is 0 Å². The molecule has 2 aromatic carbocycles.